The standard InChI is InChI=1S/C14H23NO/c1-5-7-13(6-2)8-9-14(16)15-11-10-12(3)4/h5-7,12H,1-2,8-11H2,3-4H3,(H,15,16)/b13-7+. The normalized spacial score (nSPS) is 11.3. The van der Waals surface area contributed by atoms with E-state index >= 15 is 0 Å². The van der Waals surface area contributed by atoms with Crippen molar-refractivity contribution in [3.63, 3.8) is 0 Å². The van der Waals surface area contributed by atoms with E-state index in [2.05, 4.69) is 32.3 Å². The first-order valence-electron chi connectivity index (χ1n) is 5.80. The molecule has 0 aromatic carbocycles. The highest BCUT2D eigenvalue weighted by Gasteiger charge is 2.02. The Labute approximate surface area is 99.1 Å². The summed E-state index contributed by atoms with van der Waals surface area (Å²) in [6, 6.07) is 0. The maximum atomic E-state index is 11.5. The summed E-state index contributed by atoms with van der Waals surface area (Å²) in [5.41, 5.74) is 1.05. The molecule has 0 heterocycles. The predicted molar refractivity (Wildman–Crippen MR) is 70.2 cm³/mol. The zero-order valence-corrected chi connectivity index (χ0v) is 10.5. The van der Waals surface area contributed by atoms with Gasteiger partial charge in [-0.1, -0.05) is 45.2 Å². The van der Waals surface area contributed by atoms with Crippen molar-refractivity contribution in [1.82, 2.24) is 5.32 Å². The molecule has 0 radical (unpaired) electrons. The molecule has 2 heteroatoms. The van der Waals surface area contributed by atoms with Gasteiger partial charge in [0.05, 0.1) is 0 Å². The first-order valence-corrected chi connectivity index (χ1v) is 5.80. The smallest absolute Gasteiger partial charge is 0.220 e. The van der Waals surface area contributed by atoms with E-state index < -0.39 is 0 Å². The topological polar surface area (TPSA) is 29.1 Å². The zero-order chi connectivity index (χ0) is 12.4. The molecule has 0 saturated heterocycles. The van der Waals surface area contributed by atoms with E-state index in [4.69, 9.17) is 0 Å². The van der Waals surface area contributed by atoms with Crippen LogP contribution in [0.1, 0.15) is 33.1 Å². The molecule has 0 aromatic rings. The van der Waals surface area contributed by atoms with E-state index in [9.17, 15) is 4.79 Å². The number of carbonyl (C=O) groups is 1. The van der Waals surface area contributed by atoms with Gasteiger partial charge in [0.25, 0.3) is 0 Å². The second-order valence-corrected chi connectivity index (χ2v) is 4.21. The molecule has 0 aromatic heterocycles. The van der Waals surface area contributed by atoms with Crippen molar-refractivity contribution < 1.29 is 4.79 Å². The largest absolute Gasteiger partial charge is 0.356 e. The first-order chi connectivity index (χ1) is 7.60. The number of carbonyl (C=O) groups excluding carboxylic acids is 1. The molecular weight excluding hydrogens is 198 g/mol. The Kier molecular flexibility index (Phi) is 8.22. The van der Waals surface area contributed by atoms with Gasteiger partial charge in [0, 0.05) is 13.0 Å². The fourth-order valence-corrected chi connectivity index (χ4v) is 1.25. The number of hydrogen-bond acceptors (Lipinski definition) is 1. The zero-order valence-electron chi connectivity index (χ0n) is 10.5. The highest BCUT2D eigenvalue weighted by molar-refractivity contribution is 5.76. The minimum absolute atomic E-state index is 0.109. The molecule has 16 heavy (non-hydrogen) atoms. The van der Waals surface area contributed by atoms with Crippen molar-refractivity contribution in [1.29, 1.82) is 0 Å². The molecular formula is C14H23NO. The second-order valence-electron chi connectivity index (χ2n) is 4.21. The van der Waals surface area contributed by atoms with Crippen molar-refractivity contribution in [2.75, 3.05) is 6.54 Å². The van der Waals surface area contributed by atoms with Crippen molar-refractivity contribution >= 4 is 5.91 Å². The van der Waals surface area contributed by atoms with E-state index in [1.54, 1.807) is 12.2 Å². The van der Waals surface area contributed by atoms with Gasteiger partial charge in [0.1, 0.15) is 0 Å². The van der Waals surface area contributed by atoms with Gasteiger partial charge >= 0.3 is 0 Å². The lowest BCUT2D eigenvalue weighted by molar-refractivity contribution is -0.121. The highest BCUT2D eigenvalue weighted by Crippen LogP contribution is 2.06. The minimum atomic E-state index is 0.109. The third-order valence-electron chi connectivity index (χ3n) is 2.28. The molecule has 1 amide bonds. The molecule has 0 spiro atoms. The van der Waals surface area contributed by atoms with Crippen LogP contribution in [0.2, 0.25) is 0 Å². The lowest BCUT2D eigenvalue weighted by Crippen LogP contribution is -2.24. The van der Waals surface area contributed by atoms with Gasteiger partial charge < -0.3 is 5.32 Å². The Morgan fingerprint density at radius 2 is 2.00 bits per heavy atom. The highest BCUT2D eigenvalue weighted by atomic mass is 16.1. The lowest BCUT2D eigenvalue weighted by atomic mass is 10.1. The van der Waals surface area contributed by atoms with E-state index in [-0.39, 0.29) is 5.91 Å². The Balaban J connectivity index is 3.76. The number of allylic oxidation sites excluding steroid dienone is 4. The van der Waals surface area contributed by atoms with Gasteiger partial charge in [-0.05, 0) is 24.3 Å². The minimum Gasteiger partial charge on any atom is -0.356 e. The second kappa shape index (κ2) is 8.96. The van der Waals surface area contributed by atoms with Crippen LogP contribution in [0.4, 0.5) is 0 Å². The van der Waals surface area contributed by atoms with Crippen LogP contribution < -0.4 is 5.32 Å². The van der Waals surface area contributed by atoms with Crippen LogP contribution in [0.3, 0.4) is 0 Å². The average molecular weight is 221 g/mol. The Morgan fingerprint density at radius 1 is 1.31 bits per heavy atom. The molecule has 90 valence electrons. The van der Waals surface area contributed by atoms with E-state index in [0.717, 1.165) is 25.0 Å². The number of nitrogens with one attached hydrogen (secondary N) is 1. The fraction of sp³-hybridized carbons (Fsp3) is 0.500. The van der Waals surface area contributed by atoms with Gasteiger partial charge in [-0.3, -0.25) is 4.79 Å². The molecule has 0 unspecified atom stereocenters. The van der Waals surface area contributed by atoms with Crippen LogP contribution in [0, 0.1) is 5.92 Å². The van der Waals surface area contributed by atoms with Crippen LogP contribution in [-0.4, -0.2) is 12.5 Å². The summed E-state index contributed by atoms with van der Waals surface area (Å²) < 4.78 is 0. The summed E-state index contributed by atoms with van der Waals surface area (Å²) in [5, 5.41) is 2.91. The van der Waals surface area contributed by atoms with Crippen molar-refractivity contribution in [3.8, 4) is 0 Å². The van der Waals surface area contributed by atoms with Crippen LogP contribution in [-0.2, 0) is 4.79 Å². The van der Waals surface area contributed by atoms with E-state index in [1.165, 1.54) is 0 Å². The lowest BCUT2D eigenvalue weighted by Gasteiger charge is -2.07. The summed E-state index contributed by atoms with van der Waals surface area (Å²) in [6.45, 7) is 12.4. The van der Waals surface area contributed by atoms with Gasteiger partial charge in [-0.15, -0.1) is 0 Å². The third kappa shape index (κ3) is 8.04. The van der Waals surface area contributed by atoms with E-state index in [0.29, 0.717) is 12.3 Å². The van der Waals surface area contributed by atoms with Crippen molar-refractivity contribution in [2.24, 2.45) is 5.92 Å². The molecule has 2 nitrogen and oxygen atoms in total. The third-order valence-corrected chi connectivity index (χ3v) is 2.28. The Morgan fingerprint density at radius 3 is 2.50 bits per heavy atom. The molecule has 0 fully saturated rings. The maximum absolute atomic E-state index is 11.5. The monoisotopic (exact) mass is 221 g/mol. The average Bonchev–Trinajstić information content (AvgIpc) is 2.23. The Bertz CT molecular complexity index is 264. The molecule has 0 atom stereocenters. The van der Waals surface area contributed by atoms with Crippen LogP contribution >= 0.6 is 0 Å². The molecule has 0 saturated carbocycles. The fourth-order valence-electron chi connectivity index (χ4n) is 1.25. The quantitative estimate of drug-likeness (QED) is 0.626. The molecule has 0 aliphatic carbocycles. The van der Waals surface area contributed by atoms with Gasteiger partial charge in [0.2, 0.25) is 5.91 Å². The van der Waals surface area contributed by atoms with Gasteiger partial charge in [-0.2, -0.15) is 0 Å². The molecule has 0 bridgehead atoms. The Hall–Kier alpha value is -1.31. The summed E-state index contributed by atoms with van der Waals surface area (Å²) in [6.07, 6.45) is 7.64. The maximum Gasteiger partial charge on any atom is 0.220 e. The summed E-state index contributed by atoms with van der Waals surface area (Å²) in [4.78, 5) is 11.5. The van der Waals surface area contributed by atoms with Crippen LogP contribution in [0.25, 0.3) is 0 Å². The number of amides is 1. The van der Waals surface area contributed by atoms with E-state index in [1.807, 2.05) is 6.08 Å². The van der Waals surface area contributed by atoms with Gasteiger partial charge in [-0.25, -0.2) is 0 Å². The summed E-state index contributed by atoms with van der Waals surface area (Å²) in [7, 11) is 0. The predicted octanol–water partition coefficient (Wildman–Crippen LogP) is 3.23. The summed E-state index contributed by atoms with van der Waals surface area (Å²) in [5.74, 6) is 0.738. The number of rotatable bonds is 8. The van der Waals surface area contributed by atoms with Crippen molar-refractivity contribution in [3.05, 3.63) is 37.0 Å². The number of hydrogen-bond donors (Lipinski definition) is 1. The van der Waals surface area contributed by atoms with Crippen LogP contribution in [0.5, 0.6) is 0 Å². The molecule has 1 N–H and O–H groups in total. The van der Waals surface area contributed by atoms with Crippen LogP contribution in [0.15, 0.2) is 37.0 Å². The molecule has 0 aliphatic rings. The SMILES string of the molecule is C=C/C=C(\C=C)CCC(=O)NCCC(C)C. The van der Waals surface area contributed by atoms with Gasteiger partial charge in [0.15, 0.2) is 0 Å². The molecule has 0 rings (SSSR count). The van der Waals surface area contributed by atoms with Crippen molar-refractivity contribution in [2.45, 2.75) is 33.1 Å². The first kappa shape index (κ1) is 14.7. The molecule has 0 aliphatic heterocycles. The summed E-state index contributed by atoms with van der Waals surface area (Å²) >= 11 is 0.